The fraction of sp³-hybridized carbons (Fsp3) is 0. The second-order valence-corrected chi connectivity index (χ2v) is 8.32. The van der Waals surface area contributed by atoms with E-state index in [1.54, 1.807) is 0 Å². The molecule has 4 aromatic rings. The van der Waals surface area contributed by atoms with Gasteiger partial charge in [0.2, 0.25) is 5.75 Å². The lowest BCUT2D eigenvalue weighted by molar-refractivity contribution is -0.475. The van der Waals surface area contributed by atoms with Crippen LogP contribution in [0.2, 0.25) is 0 Å². The van der Waals surface area contributed by atoms with Gasteiger partial charge in [-0.1, -0.05) is 42.5 Å². The highest BCUT2D eigenvalue weighted by Gasteiger charge is 2.48. The zero-order chi connectivity index (χ0) is 16.0. The Morgan fingerprint density at radius 2 is 1.25 bits per heavy atom. The van der Waals surface area contributed by atoms with Crippen LogP contribution in [0.5, 0.6) is 5.75 Å². The van der Waals surface area contributed by atoms with E-state index in [0.29, 0.717) is 0 Å². The molecular weight excluding hydrogens is 314 g/mol. The molecule has 0 saturated carbocycles. The van der Waals surface area contributed by atoms with E-state index in [1.807, 2.05) is 0 Å². The van der Waals surface area contributed by atoms with Crippen LogP contribution in [0.25, 0.3) is 10.9 Å². The lowest BCUT2D eigenvalue weighted by Gasteiger charge is -2.28. The zero-order valence-corrected chi connectivity index (χ0v) is 13.8. The van der Waals surface area contributed by atoms with Gasteiger partial charge in [0, 0.05) is 6.07 Å². The standard InChI is InChI=1S/C21H16NOS/c1-3-11-18(12-4-1)24(19-13-5-2-6-14-19)22-16-8-10-17-9-7-15-20(23-24)21(17)22/h1-16H/q+1. The Morgan fingerprint density at radius 1 is 0.625 bits per heavy atom. The molecule has 0 spiro atoms. The van der Waals surface area contributed by atoms with Crippen molar-refractivity contribution in [3.63, 3.8) is 0 Å². The maximum Gasteiger partial charge on any atom is 0.271 e. The summed E-state index contributed by atoms with van der Waals surface area (Å²) in [5, 5.41) is 1.20. The Morgan fingerprint density at radius 3 is 1.92 bits per heavy atom. The highest BCUT2D eigenvalue weighted by molar-refractivity contribution is 8.24. The molecule has 2 heterocycles. The number of aromatic nitrogens is 1. The van der Waals surface area contributed by atoms with Gasteiger partial charge in [0.25, 0.3) is 5.52 Å². The quantitative estimate of drug-likeness (QED) is 0.465. The molecule has 1 aromatic heterocycles. The average Bonchev–Trinajstić information content (AvgIpc) is 3.01. The fourth-order valence-electron chi connectivity index (χ4n) is 3.33. The maximum absolute atomic E-state index is 6.73. The van der Waals surface area contributed by atoms with E-state index in [1.165, 1.54) is 20.7 Å². The van der Waals surface area contributed by atoms with Crippen molar-refractivity contribution in [1.82, 2.24) is 0 Å². The number of pyridine rings is 1. The minimum atomic E-state index is -1.81. The monoisotopic (exact) mass is 330 g/mol. The largest absolute Gasteiger partial charge is 0.382 e. The molecule has 24 heavy (non-hydrogen) atoms. The molecule has 0 atom stereocenters. The lowest BCUT2D eigenvalue weighted by atomic mass is 10.2. The van der Waals surface area contributed by atoms with Crippen LogP contribution < -0.4 is 8.16 Å². The van der Waals surface area contributed by atoms with Gasteiger partial charge in [-0.05, 0) is 42.5 Å². The second-order valence-electron chi connectivity index (χ2n) is 5.76. The number of benzene rings is 3. The molecule has 5 rings (SSSR count). The molecule has 0 aliphatic carbocycles. The van der Waals surface area contributed by atoms with E-state index in [9.17, 15) is 0 Å². The summed E-state index contributed by atoms with van der Waals surface area (Å²) in [7, 11) is -1.81. The third-order valence-electron chi connectivity index (χ3n) is 4.36. The molecule has 0 radical (unpaired) electrons. The summed E-state index contributed by atoms with van der Waals surface area (Å²) >= 11 is 0. The first-order valence-electron chi connectivity index (χ1n) is 7.96. The molecule has 3 heteroatoms. The predicted molar refractivity (Wildman–Crippen MR) is 97.2 cm³/mol. The van der Waals surface area contributed by atoms with Crippen molar-refractivity contribution in [3.8, 4) is 5.75 Å². The molecule has 3 aromatic carbocycles. The highest BCUT2D eigenvalue weighted by Crippen LogP contribution is 2.63. The summed E-state index contributed by atoms with van der Waals surface area (Å²) in [5.74, 6) is 0.954. The Kier molecular flexibility index (Phi) is 2.91. The van der Waals surface area contributed by atoms with E-state index in [4.69, 9.17) is 4.18 Å². The topological polar surface area (TPSA) is 13.1 Å². The maximum atomic E-state index is 6.73. The molecule has 116 valence electrons. The summed E-state index contributed by atoms with van der Waals surface area (Å²) in [6, 6.07) is 31.6. The summed E-state index contributed by atoms with van der Waals surface area (Å²) in [4.78, 5) is 2.40. The lowest BCUT2D eigenvalue weighted by Crippen LogP contribution is -2.38. The van der Waals surface area contributed by atoms with Crippen LogP contribution in [-0.2, 0) is 0 Å². The third kappa shape index (κ3) is 1.76. The first kappa shape index (κ1) is 13.6. The van der Waals surface area contributed by atoms with Crippen molar-refractivity contribution in [2.75, 3.05) is 0 Å². The molecule has 0 fully saturated rings. The third-order valence-corrected chi connectivity index (χ3v) is 7.46. The van der Waals surface area contributed by atoms with Gasteiger partial charge in [-0.3, -0.25) is 0 Å². The number of nitrogens with zero attached hydrogens (tertiary/aromatic N) is 1. The summed E-state index contributed by atoms with van der Waals surface area (Å²) in [5.41, 5.74) is 1.17. The van der Waals surface area contributed by atoms with E-state index >= 15 is 0 Å². The first-order valence-corrected chi connectivity index (χ1v) is 9.48. The van der Waals surface area contributed by atoms with Crippen LogP contribution in [0.4, 0.5) is 0 Å². The minimum Gasteiger partial charge on any atom is -0.382 e. The van der Waals surface area contributed by atoms with Gasteiger partial charge in [-0.15, -0.1) is 3.97 Å². The molecule has 0 unspecified atom stereocenters. The van der Waals surface area contributed by atoms with Crippen molar-refractivity contribution in [2.24, 2.45) is 0 Å². The number of hydrogen-bond donors (Lipinski definition) is 0. The van der Waals surface area contributed by atoms with Crippen LogP contribution in [0.1, 0.15) is 0 Å². The van der Waals surface area contributed by atoms with Crippen molar-refractivity contribution in [2.45, 2.75) is 9.79 Å². The predicted octanol–water partition coefficient (Wildman–Crippen LogP) is 5.12. The molecule has 0 bridgehead atoms. The van der Waals surface area contributed by atoms with Gasteiger partial charge < -0.3 is 4.18 Å². The van der Waals surface area contributed by atoms with E-state index in [0.717, 1.165) is 5.75 Å². The summed E-state index contributed by atoms with van der Waals surface area (Å²) in [6.45, 7) is 0. The molecule has 1 aliphatic heterocycles. The normalized spacial score (nSPS) is 15.8. The summed E-state index contributed by atoms with van der Waals surface area (Å²) in [6.07, 6.45) is 2.15. The number of rotatable bonds is 2. The number of hydrogen-bond acceptors (Lipinski definition) is 1. The SMILES string of the molecule is c1ccc(S2(c3ccccc3)Oc3cccc4ccc[n+]2c34)cc1. The average molecular weight is 330 g/mol. The van der Waals surface area contributed by atoms with Gasteiger partial charge in [0.05, 0.1) is 15.2 Å². The highest BCUT2D eigenvalue weighted by atomic mass is 32.3. The smallest absolute Gasteiger partial charge is 0.271 e. The molecule has 2 nitrogen and oxygen atoms in total. The zero-order valence-electron chi connectivity index (χ0n) is 13.0. The van der Waals surface area contributed by atoms with Gasteiger partial charge in [0.1, 0.15) is 0 Å². The molecule has 0 amide bonds. The van der Waals surface area contributed by atoms with Crippen LogP contribution in [0, 0.1) is 0 Å². The molecule has 0 N–H and O–H groups in total. The van der Waals surface area contributed by atoms with E-state index < -0.39 is 10.5 Å². The van der Waals surface area contributed by atoms with Crippen LogP contribution in [0.3, 0.4) is 0 Å². The summed E-state index contributed by atoms with van der Waals surface area (Å²) < 4.78 is 9.06. The van der Waals surface area contributed by atoms with Gasteiger partial charge in [0.15, 0.2) is 16.7 Å². The van der Waals surface area contributed by atoms with Gasteiger partial charge >= 0.3 is 0 Å². The van der Waals surface area contributed by atoms with Crippen LogP contribution in [-0.4, -0.2) is 0 Å². The fourth-order valence-corrected chi connectivity index (χ4v) is 6.47. The van der Waals surface area contributed by atoms with Crippen LogP contribution in [0.15, 0.2) is 107 Å². The van der Waals surface area contributed by atoms with Crippen molar-refractivity contribution in [3.05, 3.63) is 97.2 Å². The van der Waals surface area contributed by atoms with Crippen LogP contribution >= 0.6 is 10.5 Å². The Bertz CT molecular complexity index is 987. The Balaban J connectivity index is 1.91. The molecule has 0 saturated heterocycles. The van der Waals surface area contributed by atoms with Crippen molar-refractivity contribution < 1.29 is 8.16 Å². The molecule has 1 aliphatic rings. The molecular formula is C21H16NOS+. The number of para-hydroxylation sites is 1. The van der Waals surface area contributed by atoms with Crippen molar-refractivity contribution >= 4 is 21.4 Å². The second kappa shape index (κ2) is 5.11. The minimum absolute atomic E-state index is 0.954. The van der Waals surface area contributed by atoms with E-state index in [2.05, 4.69) is 101 Å². The van der Waals surface area contributed by atoms with Gasteiger partial charge in [-0.2, -0.15) is 0 Å². The van der Waals surface area contributed by atoms with Gasteiger partial charge in [-0.25, -0.2) is 0 Å². The van der Waals surface area contributed by atoms with Crippen molar-refractivity contribution in [1.29, 1.82) is 0 Å². The first-order chi connectivity index (χ1) is 11.9. The van der Waals surface area contributed by atoms with E-state index in [-0.39, 0.29) is 0 Å². The Labute approximate surface area is 142 Å². The Hall–Kier alpha value is -2.78.